The highest BCUT2D eigenvalue weighted by Crippen LogP contribution is 2.19. The summed E-state index contributed by atoms with van der Waals surface area (Å²) in [4.78, 5) is 0. The molecule has 2 nitrogen and oxygen atoms in total. The largest absolute Gasteiger partial charge is 0.360 e. The van der Waals surface area contributed by atoms with Crippen molar-refractivity contribution in [1.29, 1.82) is 0 Å². The fraction of sp³-hybridized carbons (Fsp3) is 0.562. The molecule has 0 unspecified atom stereocenters. The van der Waals surface area contributed by atoms with Crippen LogP contribution in [-0.4, -0.2) is 11.2 Å². The van der Waals surface area contributed by atoms with Crippen LogP contribution in [0.25, 0.3) is 0 Å². The third-order valence-corrected chi connectivity index (χ3v) is 4.00. The number of nitrogens with one attached hydrogen (secondary N) is 2. The van der Waals surface area contributed by atoms with Crippen molar-refractivity contribution < 1.29 is 0 Å². The van der Waals surface area contributed by atoms with E-state index in [-0.39, 0.29) is 0 Å². The molecule has 0 heterocycles. The van der Waals surface area contributed by atoms with Crippen molar-refractivity contribution in [3.05, 3.63) is 29.8 Å². The van der Waals surface area contributed by atoms with Gasteiger partial charge in [0.1, 0.15) is 0 Å². The van der Waals surface area contributed by atoms with E-state index in [4.69, 9.17) is 12.2 Å². The van der Waals surface area contributed by atoms with Crippen LogP contribution in [0.2, 0.25) is 0 Å². The fourth-order valence-electron chi connectivity index (χ4n) is 2.55. The first-order chi connectivity index (χ1) is 9.15. The third-order valence-electron chi connectivity index (χ3n) is 3.78. The Bertz CT molecular complexity index is 405. The molecule has 1 aromatic carbocycles. The lowest BCUT2D eigenvalue weighted by Crippen LogP contribution is -2.38. The van der Waals surface area contributed by atoms with E-state index in [1.54, 1.807) is 0 Å². The molecule has 104 valence electrons. The van der Waals surface area contributed by atoms with Crippen LogP contribution < -0.4 is 10.6 Å². The zero-order valence-corrected chi connectivity index (χ0v) is 12.7. The van der Waals surface area contributed by atoms with Gasteiger partial charge in [-0.3, -0.25) is 0 Å². The number of thiocarbonyl (C=S) groups is 1. The smallest absolute Gasteiger partial charge is 0.170 e. The molecule has 0 atom stereocenters. The molecule has 1 aliphatic rings. The van der Waals surface area contributed by atoms with Crippen molar-refractivity contribution in [2.75, 3.05) is 5.32 Å². The van der Waals surface area contributed by atoms with Crippen molar-refractivity contribution in [3.8, 4) is 0 Å². The van der Waals surface area contributed by atoms with Gasteiger partial charge in [0.2, 0.25) is 0 Å². The van der Waals surface area contributed by atoms with Crippen LogP contribution in [0.4, 0.5) is 5.69 Å². The molecule has 1 aromatic rings. The van der Waals surface area contributed by atoms with Crippen LogP contribution in [0, 0.1) is 0 Å². The van der Waals surface area contributed by atoms with Crippen LogP contribution >= 0.6 is 12.2 Å². The first kappa shape index (κ1) is 14.3. The Morgan fingerprint density at radius 3 is 2.32 bits per heavy atom. The van der Waals surface area contributed by atoms with E-state index in [9.17, 15) is 0 Å². The highest BCUT2D eigenvalue weighted by molar-refractivity contribution is 7.80. The van der Waals surface area contributed by atoms with Crippen molar-refractivity contribution in [3.63, 3.8) is 0 Å². The summed E-state index contributed by atoms with van der Waals surface area (Å²) in [7, 11) is 0. The average Bonchev–Trinajstić information content (AvgIpc) is 2.40. The minimum absolute atomic E-state index is 0.559. The predicted molar refractivity (Wildman–Crippen MR) is 86.8 cm³/mol. The Balaban J connectivity index is 1.84. The Morgan fingerprint density at radius 1 is 1.11 bits per heavy atom. The molecule has 1 saturated carbocycles. The molecule has 0 amide bonds. The van der Waals surface area contributed by atoms with E-state index in [2.05, 4.69) is 48.7 Å². The first-order valence-corrected chi connectivity index (χ1v) is 7.73. The second-order valence-electron chi connectivity index (χ2n) is 5.71. The van der Waals surface area contributed by atoms with E-state index in [1.165, 1.54) is 37.7 Å². The van der Waals surface area contributed by atoms with Crippen molar-refractivity contribution in [2.24, 2.45) is 0 Å². The maximum absolute atomic E-state index is 5.38. The highest BCUT2D eigenvalue weighted by Gasteiger charge is 2.13. The molecule has 3 heteroatoms. The molecule has 0 radical (unpaired) electrons. The lowest BCUT2D eigenvalue weighted by molar-refractivity contribution is 0.415. The molecule has 0 aliphatic heterocycles. The van der Waals surface area contributed by atoms with Gasteiger partial charge >= 0.3 is 0 Å². The molecule has 2 N–H and O–H groups in total. The maximum Gasteiger partial charge on any atom is 0.170 e. The molecule has 2 rings (SSSR count). The van der Waals surface area contributed by atoms with E-state index >= 15 is 0 Å². The lowest BCUT2D eigenvalue weighted by atomic mass is 9.96. The number of benzene rings is 1. The van der Waals surface area contributed by atoms with Crippen molar-refractivity contribution in [1.82, 2.24) is 5.32 Å². The SMILES string of the molecule is CC(C)c1ccc(NC(=S)NC2CCCCC2)cc1. The van der Waals surface area contributed by atoms with Gasteiger partial charge < -0.3 is 10.6 Å². The third kappa shape index (κ3) is 4.50. The average molecular weight is 276 g/mol. The van der Waals surface area contributed by atoms with Gasteiger partial charge in [0.15, 0.2) is 5.11 Å². The second kappa shape index (κ2) is 6.90. The number of anilines is 1. The molecule has 1 aliphatic carbocycles. The van der Waals surface area contributed by atoms with E-state index in [0.717, 1.165) is 10.8 Å². The van der Waals surface area contributed by atoms with Gasteiger partial charge in [0.25, 0.3) is 0 Å². The van der Waals surface area contributed by atoms with Gasteiger partial charge in [0, 0.05) is 11.7 Å². The maximum atomic E-state index is 5.38. The molecule has 0 saturated heterocycles. The minimum Gasteiger partial charge on any atom is -0.360 e. The summed E-state index contributed by atoms with van der Waals surface area (Å²) in [6, 6.07) is 9.09. The van der Waals surface area contributed by atoms with Crippen molar-refractivity contribution >= 4 is 23.0 Å². The summed E-state index contributed by atoms with van der Waals surface area (Å²) >= 11 is 5.38. The number of hydrogen-bond acceptors (Lipinski definition) is 1. The van der Waals surface area contributed by atoms with E-state index in [0.29, 0.717) is 12.0 Å². The van der Waals surface area contributed by atoms with Gasteiger partial charge in [0.05, 0.1) is 0 Å². The van der Waals surface area contributed by atoms with Crippen LogP contribution in [0.3, 0.4) is 0 Å². The summed E-state index contributed by atoms with van der Waals surface area (Å²) in [5.41, 5.74) is 2.43. The zero-order valence-electron chi connectivity index (χ0n) is 11.9. The van der Waals surface area contributed by atoms with Crippen LogP contribution in [0.1, 0.15) is 57.4 Å². The summed E-state index contributed by atoms with van der Waals surface area (Å²) in [6.07, 6.45) is 6.50. The number of rotatable bonds is 3. The van der Waals surface area contributed by atoms with Crippen molar-refractivity contribution in [2.45, 2.75) is 57.9 Å². The molecular weight excluding hydrogens is 252 g/mol. The quantitative estimate of drug-likeness (QED) is 0.799. The van der Waals surface area contributed by atoms with Gasteiger partial charge in [-0.25, -0.2) is 0 Å². The number of hydrogen-bond donors (Lipinski definition) is 2. The van der Waals surface area contributed by atoms with E-state index < -0.39 is 0 Å². The lowest BCUT2D eigenvalue weighted by Gasteiger charge is -2.24. The van der Waals surface area contributed by atoms with Gasteiger partial charge in [-0.2, -0.15) is 0 Å². The fourth-order valence-corrected chi connectivity index (χ4v) is 2.84. The zero-order chi connectivity index (χ0) is 13.7. The summed E-state index contributed by atoms with van der Waals surface area (Å²) in [5, 5.41) is 7.45. The van der Waals surface area contributed by atoms with Crippen LogP contribution in [0.5, 0.6) is 0 Å². The van der Waals surface area contributed by atoms with Crippen LogP contribution in [-0.2, 0) is 0 Å². The van der Waals surface area contributed by atoms with Gasteiger partial charge in [-0.15, -0.1) is 0 Å². The molecule has 0 bridgehead atoms. The normalized spacial score (nSPS) is 16.4. The Kier molecular flexibility index (Phi) is 5.20. The molecule has 19 heavy (non-hydrogen) atoms. The monoisotopic (exact) mass is 276 g/mol. The topological polar surface area (TPSA) is 24.1 Å². The molecule has 0 spiro atoms. The Morgan fingerprint density at radius 2 is 1.74 bits per heavy atom. The second-order valence-corrected chi connectivity index (χ2v) is 6.12. The summed E-state index contributed by atoms with van der Waals surface area (Å²) in [6.45, 7) is 4.41. The molecular formula is C16H24N2S. The summed E-state index contributed by atoms with van der Waals surface area (Å²) in [5.74, 6) is 0.571. The highest BCUT2D eigenvalue weighted by atomic mass is 32.1. The molecule has 1 fully saturated rings. The molecule has 0 aromatic heterocycles. The van der Waals surface area contributed by atoms with Gasteiger partial charge in [-0.05, 0) is 48.7 Å². The Labute approximate surface area is 122 Å². The Hall–Kier alpha value is -1.09. The van der Waals surface area contributed by atoms with Crippen LogP contribution in [0.15, 0.2) is 24.3 Å². The summed E-state index contributed by atoms with van der Waals surface area (Å²) < 4.78 is 0. The van der Waals surface area contributed by atoms with E-state index in [1.807, 2.05) is 0 Å². The predicted octanol–water partition coefficient (Wildman–Crippen LogP) is 4.43. The minimum atomic E-state index is 0.559. The first-order valence-electron chi connectivity index (χ1n) is 7.32. The van der Waals surface area contributed by atoms with Gasteiger partial charge in [-0.1, -0.05) is 45.2 Å². The standard InChI is InChI=1S/C16H24N2S/c1-12(2)13-8-10-15(11-9-13)18-16(19)17-14-6-4-3-5-7-14/h8-12,14H,3-7H2,1-2H3,(H2,17,18,19).